The molecule has 3 aromatic heterocycles. The van der Waals surface area contributed by atoms with Crippen molar-refractivity contribution in [1.82, 2.24) is 19.5 Å². The van der Waals surface area contributed by atoms with Gasteiger partial charge in [0, 0.05) is 24.2 Å². The van der Waals surface area contributed by atoms with Crippen molar-refractivity contribution < 1.29 is 0 Å². The van der Waals surface area contributed by atoms with Crippen LogP contribution in [0, 0.1) is 11.3 Å². The molecule has 0 amide bonds. The van der Waals surface area contributed by atoms with Crippen molar-refractivity contribution in [1.29, 1.82) is 5.26 Å². The van der Waals surface area contributed by atoms with Gasteiger partial charge in [-0.2, -0.15) is 5.26 Å². The zero-order valence-corrected chi connectivity index (χ0v) is 10.5. The molecule has 0 saturated heterocycles. The number of aromatic nitrogens is 4. The molecule has 92 valence electrons. The Balaban J connectivity index is 2.29. The smallest absolute Gasteiger partial charge is 0.161 e. The number of nitriles is 1. The van der Waals surface area contributed by atoms with Gasteiger partial charge >= 0.3 is 0 Å². The molecule has 3 rings (SSSR count). The molecule has 0 spiro atoms. The molecule has 0 fully saturated rings. The van der Waals surface area contributed by atoms with Gasteiger partial charge in [0.25, 0.3) is 0 Å². The zero-order valence-electron chi connectivity index (χ0n) is 9.79. The van der Waals surface area contributed by atoms with Crippen molar-refractivity contribution in [2.45, 2.75) is 6.54 Å². The average Bonchev–Trinajstić information content (AvgIpc) is 2.78. The lowest BCUT2D eigenvalue weighted by Crippen LogP contribution is -2.00. The van der Waals surface area contributed by atoms with E-state index in [9.17, 15) is 0 Å². The van der Waals surface area contributed by atoms with Crippen LogP contribution < -0.4 is 0 Å². The molecule has 0 aliphatic rings. The standard InChI is InChI=1S/C13H8ClN5/c14-10-6-11-13(17-8-10)19(5-3-15)12(18-11)9-2-1-4-16-7-9/h1-2,4,6-8H,5H2. The lowest BCUT2D eigenvalue weighted by Gasteiger charge is -2.03. The zero-order chi connectivity index (χ0) is 13.2. The minimum absolute atomic E-state index is 0.176. The van der Waals surface area contributed by atoms with Crippen molar-refractivity contribution in [3.63, 3.8) is 0 Å². The number of hydrogen-bond acceptors (Lipinski definition) is 4. The molecule has 0 atom stereocenters. The second-order valence-electron chi connectivity index (χ2n) is 3.92. The van der Waals surface area contributed by atoms with E-state index in [1.807, 2.05) is 12.1 Å². The number of pyridine rings is 2. The van der Waals surface area contributed by atoms with Gasteiger partial charge in [0.15, 0.2) is 5.65 Å². The van der Waals surface area contributed by atoms with Gasteiger partial charge < -0.3 is 0 Å². The third kappa shape index (κ3) is 2.02. The Hall–Kier alpha value is -2.45. The van der Waals surface area contributed by atoms with Crippen LogP contribution in [0.1, 0.15) is 0 Å². The summed E-state index contributed by atoms with van der Waals surface area (Å²) in [6, 6.07) is 7.57. The first kappa shape index (κ1) is 11.6. The van der Waals surface area contributed by atoms with E-state index in [2.05, 4.69) is 21.0 Å². The van der Waals surface area contributed by atoms with Gasteiger partial charge in [-0.25, -0.2) is 9.97 Å². The fourth-order valence-electron chi connectivity index (χ4n) is 1.92. The molecular formula is C13H8ClN5. The molecule has 6 heteroatoms. The molecule has 0 aliphatic heterocycles. The second-order valence-corrected chi connectivity index (χ2v) is 4.35. The maximum absolute atomic E-state index is 8.96. The van der Waals surface area contributed by atoms with Crippen molar-refractivity contribution >= 4 is 22.8 Å². The normalized spacial score (nSPS) is 10.5. The van der Waals surface area contributed by atoms with E-state index in [4.69, 9.17) is 16.9 Å². The number of halogens is 1. The summed E-state index contributed by atoms with van der Waals surface area (Å²) in [4.78, 5) is 12.8. The SMILES string of the molecule is N#CCn1c(-c2cccnc2)nc2cc(Cl)cnc21. The maximum atomic E-state index is 8.96. The van der Waals surface area contributed by atoms with Crippen LogP contribution >= 0.6 is 11.6 Å². The first-order valence-electron chi connectivity index (χ1n) is 5.59. The van der Waals surface area contributed by atoms with E-state index in [0.29, 0.717) is 22.0 Å². The quantitative estimate of drug-likeness (QED) is 0.717. The highest BCUT2D eigenvalue weighted by atomic mass is 35.5. The van der Waals surface area contributed by atoms with Crippen LogP contribution in [-0.2, 0) is 6.54 Å². The topological polar surface area (TPSA) is 67.4 Å². The molecule has 0 bridgehead atoms. The van der Waals surface area contributed by atoms with Crippen molar-refractivity contribution in [3.8, 4) is 17.5 Å². The van der Waals surface area contributed by atoms with Crippen molar-refractivity contribution in [2.75, 3.05) is 0 Å². The van der Waals surface area contributed by atoms with E-state index < -0.39 is 0 Å². The van der Waals surface area contributed by atoms with Gasteiger partial charge in [0.1, 0.15) is 17.9 Å². The summed E-state index contributed by atoms with van der Waals surface area (Å²) in [5, 5.41) is 9.48. The first-order valence-corrected chi connectivity index (χ1v) is 5.96. The van der Waals surface area contributed by atoms with Crippen molar-refractivity contribution in [3.05, 3.63) is 41.8 Å². The van der Waals surface area contributed by atoms with Gasteiger partial charge in [-0.15, -0.1) is 0 Å². The Kier molecular flexibility index (Phi) is 2.86. The Morgan fingerprint density at radius 2 is 2.26 bits per heavy atom. The largest absolute Gasteiger partial charge is 0.295 e. The van der Waals surface area contributed by atoms with Crippen LogP contribution in [0.25, 0.3) is 22.6 Å². The first-order chi connectivity index (χ1) is 9.29. The van der Waals surface area contributed by atoms with E-state index in [1.165, 1.54) is 0 Å². The molecule has 5 nitrogen and oxygen atoms in total. The molecule has 0 radical (unpaired) electrons. The summed E-state index contributed by atoms with van der Waals surface area (Å²) >= 11 is 5.91. The molecule has 3 aromatic rings. The van der Waals surface area contributed by atoms with Crippen LogP contribution in [0.5, 0.6) is 0 Å². The number of imidazole rings is 1. The van der Waals surface area contributed by atoms with Crippen LogP contribution in [0.2, 0.25) is 5.02 Å². The van der Waals surface area contributed by atoms with Gasteiger partial charge in [-0.3, -0.25) is 9.55 Å². The summed E-state index contributed by atoms with van der Waals surface area (Å²) in [7, 11) is 0. The van der Waals surface area contributed by atoms with Gasteiger partial charge in [-0.05, 0) is 18.2 Å². The predicted molar refractivity (Wildman–Crippen MR) is 71.4 cm³/mol. The molecule has 19 heavy (non-hydrogen) atoms. The van der Waals surface area contributed by atoms with E-state index in [1.54, 1.807) is 29.2 Å². The molecule has 0 saturated carbocycles. The molecular weight excluding hydrogens is 262 g/mol. The molecule has 0 aromatic carbocycles. The summed E-state index contributed by atoms with van der Waals surface area (Å²) in [6.07, 6.45) is 4.94. The van der Waals surface area contributed by atoms with Crippen LogP contribution in [0.3, 0.4) is 0 Å². The maximum Gasteiger partial charge on any atom is 0.161 e. The molecule has 0 N–H and O–H groups in total. The lowest BCUT2D eigenvalue weighted by atomic mass is 10.3. The van der Waals surface area contributed by atoms with E-state index in [0.717, 1.165) is 5.56 Å². The Morgan fingerprint density at radius 1 is 1.37 bits per heavy atom. The number of fused-ring (bicyclic) bond motifs is 1. The molecule has 0 unspecified atom stereocenters. The third-order valence-electron chi connectivity index (χ3n) is 2.70. The summed E-state index contributed by atoms with van der Waals surface area (Å²) in [5.74, 6) is 0.666. The van der Waals surface area contributed by atoms with Crippen LogP contribution in [0.4, 0.5) is 0 Å². The minimum Gasteiger partial charge on any atom is -0.295 e. The average molecular weight is 270 g/mol. The highest BCUT2D eigenvalue weighted by molar-refractivity contribution is 6.31. The van der Waals surface area contributed by atoms with Crippen LogP contribution in [-0.4, -0.2) is 19.5 Å². The monoisotopic (exact) mass is 269 g/mol. The molecule has 0 aliphatic carbocycles. The lowest BCUT2D eigenvalue weighted by molar-refractivity contribution is 0.857. The number of nitrogens with zero attached hydrogens (tertiary/aromatic N) is 5. The number of rotatable bonds is 2. The Morgan fingerprint density at radius 3 is 3.00 bits per heavy atom. The minimum atomic E-state index is 0.176. The van der Waals surface area contributed by atoms with E-state index in [-0.39, 0.29) is 6.54 Å². The van der Waals surface area contributed by atoms with Crippen LogP contribution in [0.15, 0.2) is 36.8 Å². The van der Waals surface area contributed by atoms with E-state index >= 15 is 0 Å². The molecule has 3 heterocycles. The van der Waals surface area contributed by atoms with Gasteiger partial charge in [0.05, 0.1) is 11.1 Å². The van der Waals surface area contributed by atoms with Gasteiger partial charge in [-0.1, -0.05) is 11.6 Å². The Bertz CT molecular complexity index is 773. The summed E-state index contributed by atoms with van der Waals surface area (Å²) in [6.45, 7) is 0.176. The summed E-state index contributed by atoms with van der Waals surface area (Å²) < 4.78 is 1.75. The fourth-order valence-corrected chi connectivity index (χ4v) is 2.07. The third-order valence-corrected chi connectivity index (χ3v) is 2.91. The fraction of sp³-hybridized carbons (Fsp3) is 0.0769. The van der Waals surface area contributed by atoms with Gasteiger partial charge in [0.2, 0.25) is 0 Å². The number of hydrogen-bond donors (Lipinski definition) is 0. The van der Waals surface area contributed by atoms with Crippen molar-refractivity contribution in [2.24, 2.45) is 0 Å². The highest BCUT2D eigenvalue weighted by Crippen LogP contribution is 2.24. The predicted octanol–water partition coefficient (Wildman–Crippen LogP) is 2.67. The second kappa shape index (κ2) is 4.67. The highest BCUT2D eigenvalue weighted by Gasteiger charge is 2.13. The summed E-state index contributed by atoms with van der Waals surface area (Å²) in [5.41, 5.74) is 2.15. The Labute approximate surface area is 114 Å².